The van der Waals surface area contributed by atoms with Gasteiger partial charge >= 0.3 is 0 Å². The summed E-state index contributed by atoms with van der Waals surface area (Å²) in [5.41, 5.74) is 0.753. The average molecular weight is 266 g/mol. The molecule has 94 valence electrons. The van der Waals surface area contributed by atoms with E-state index in [-0.39, 0.29) is 6.29 Å². The zero-order valence-corrected chi connectivity index (χ0v) is 10.4. The smallest absolute Gasteiger partial charge is 0.191 e. The summed E-state index contributed by atoms with van der Waals surface area (Å²) < 4.78 is 16.3. The van der Waals surface area contributed by atoms with Crippen molar-refractivity contribution in [2.45, 2.75) is 6.29 Å². The summed E-state index contributed by atoms with van der Waals surface area (Å²) in [7, 11) is 0. The predicted octanol–water partition coefficient (Wildman–Crippen LogP) is 2.64. The third-order valence-electron chi connectivity index (χ3n) is 2.75. The molecule has 0 radical (unpaired) electrons. The molecule has 0 atom stereocenters. The fourth-order valence-corrected chi connectivity index (χ4v) is 2.11. The molecule has 4 nitrogen and oxygen atoms in total. The number of nitrogens with zero attached hydrogens (tertiary/aromatic N) is 1. The Labute approximate surface area is 109 Å². The topological polar surface area (TPSA) is 40.6 Å². The minimum Gasteiger partial charge on any atom is -0.486 e. The number of hydrogen-bond donors (Lipinski definition) is 0. The van der Waals surface area contributed by atoms with Crippen molar-refractivity contribution in [2.24, 2.45) is 0 Å². The molecule has 5 heteroatoms. The van der Waals surface area contributed by atoms with E-state index in [0.29, 0.717) is 30.6 Å². The Kier molecular flexibility index (Phi) is 3.32. The molecule has 1 aliphatic heterocycles. The Morgan fingerprint density at radius 1 is 1.28 bits per heavy atom. The molecule has 0 N–H and O–H groups in total. The SMILES string of the molecule is Clc1ccc(OCC2OCCO2)c2ncccc12. The monoisotopic (exact) mass is 265 g/mol. The van der Waals surface area contributed by atoms with Crippen LogP contribution in [0.1, 0.15) is 0 Å². The molecule has 0 bridgehead atoms. The second-order valence-corrected chi connectivity index (χ2v) is 4.33. The highest BCUT2D eigenvalue weighted by atomic mass is 35.5. The summed E-state index contributed by atoms with van der Waals surface area (Å²) in [4.78, 5) is 4.30. The maximum absolute atomic E-state index is 6.11. The van der Waals surface area contributed by atoms with Gasteiger partial charge in [-0.05, 0) is 24.3 Å². The summed E-state index contributed by atoms with van der Waals surface area (Å²) in [6.07, 6.45) is 1.42. The van der Waals surface area contributed by atoms with Crippen molar-refractivity contribution >= 4 is 22.5 Å². The lowest BCUT2D eigenvalue weighted by atomic mass is 10.2. The normalized spacial score (nSPS) is 16.3. The number of benzene rings is 1. The van der Waals surface area contributed by atoms with Crippen molar-refractivity contribution in [3.8, 4) is 5.75 Å². The molecule has 0 spiro atoms. The first-order valence-electron chi connectivity index (χ1n) is 5.74. The molecule has 1 fully saturated rings. The van der Waals surface area contributed by atoms with Crippen LogP contribution in [-0.4, -0.2) is 31.1 Å². The van der Waals surface area contributed by atoms with Crippen LogP contribution in [0, 0.1) is 0 Å². The molecule has 0 aliphatic carbocycles. The molecule has 0 unspecified atom stereocenters. The molecule has 3 rings (SSSR count). The minimum absolute atomic E-state index is 0.292. The van der Waals surface area contributed by atoms with Crippen molar-refractivity contribution < 1.29 is 14.2 Å². The van der Waals surface area contributed by atoms with Gasteiger partial charge in [0.2, 0.25) is 0 Å². The number of fused-ring (bicyclic) bond motifs is 1. The van der Waals surface area contributed by atoms with Crippen LogP contribution in [0.15, 0.2) is 30.5 Å². The first-order chi connectivity index (χ1) is 8.84. The van der Waals surface area contributed by atoms with E-state index in [2.05, 4.69) is 4.98 Å². The van der Waals surface area contributed by atoms with Crippen molar-refractivity contribution in [1.82, 2.24) is 4.98 Å². The van der Waals surface area contributed by atoms with Gasteiger partial charge in [0, 0.05) is 11.6 Å². The summed E-state index contributed by atoms with van der Waals surface area (Å²) in [5, 5.41) is 1.55. The highest BCUT2D eigenvalue weighted by molar-refractivity contribution is 6.35. The highest BCUT2D eigenvalue weighted by Gasteiger charge is 2.17. The van der Waals surface area contributed by atoms with E-state index in [1.54, 1.807) is 12.3 Å². The summed E-state index contributed by atoms with van der Waals surface area (Å²) in [6.45, 7) is 1.59. The first-order valence-corrected chi connectivity index (χ1v) is 6.11. The second kappa shape index (κ2) is 5.10. The van der Waals surface area contributed by atoms with Gasteiger partial charge in [0.15, 0.2) is 6.29 Å². The third kappa shape index (κ3) is 2.27. The van der Waals surface area contributed by atoms with Crippen molar-refractivity contribution in [1.29, 1.82) is 0 Å². The number of hydrogen-bond acceptors (Lipinski definition) is 4. The van der Waals surface area contributed by atoms with Gasteiger partial charge in [0.05, 0.1) is 18.2 Å². The maximum Gasteiger partial charge on any atom is 0.191 e. The lowest BCUT2D eigenvalue weighted by Gasteiger charge is -2.12. The van der Waals surface area contributed by atoms with E-state index in [0.717, 1.165) is 10.9 Å². The summed E-state index contributed by atoms with van der Waals surface area (Å²) >= 11 is 6.11. The van der Waals surface area contributed by atoms with Gasteiger partial charge in [-0.2, -0.15) is 0 Å². The zero-order chi connectivity index (χ0) is 12.4. The minimum atomic E-state index is -0.292. The van der Waals surface area contributed by atoms with Crippen molar-refractivity contribution in [2.75, 3.05) is 19.8 Å². The Morgan fingerprint density at radius 3 is 2.94 bits per heavy atom. The van der Waals surface area contributed by atoms with Crippen molar-refractivity contribution in [3.05, 3.63) is 35.5 Å². The molecule has 2 heterocycles. The van der Waals surface area contributed by atoms with Gasteiger partial charge in [-0.25, -0.2) is 0 Å². The van der Waals surface area contributed by atoms with Crippen LogP contribution < -0.4 is 4.74 Å². The van der Waals surface area contributed by atoms with Gasteiger partial charge in [0.25, 0.3) is 0 Å². The maximum atomic E-state index is 6.11. The Bertz CT molecular complexity index is 555. The quantitative estimate of drug-likeness (QED) is 0.855. The lowest BCUT2D eigenvalue weighted by Crippen LogP contribution is -2.18. The van der Waals surface area contributed by atoms with E-state index in [1.165, 1.54) is 0 Å². The van der Waals surface area contributed by atoms with Gasteiger partial charge in [0.1, 0.15) is 17.9 Å². The standard InChI is InChI=1S/C13H12ClNO3/c14-10-3-4-11(13-9(10)2-1-5-15-13)18-8-12-16-6-7-17-12/h1-5,12H,6-8H2. The molecule has 1 aromatic heterocycles. The van der Waals surface area contributed by atoms with Crippen LogP contribution in [0.3, 0.4) is 0 Å². The lowest BCUT2D eigenvalue weighted by molar-refractivity contribution is -0.0681. The number of rotatable bonds is 3. The van der Waals surface area contributed by atoms with E-state index >= 15 is 0 Å². The Hall–Kier alpha value is -1.36. The molecule has 1 aromatic carbocycles. The largest absolute Gasteiger partial charge is 0.486 e. The summed E-state index contributed by atoms with van der Waals surface area (Å²) in [5.74, 6) is 0.689. The van der Waals surface area contributed by atoms with Crippen LogP contribution in [-0.2, 0) is 9.47 Å². The van der Waals surface area contributed by atoms with Crippen LogP contribution in [0.25, 0.3) is 10.9 Å². The number of halogens is 1. The van der Waals surface area contributed by atoms with Crippen LogP contribution in [0.2, 0.25) is 5.02 Å². The Balaban J connectivity index is 1.85. The van der Waals surface area contributed by atoms with E-state index in [1.807, 2.05) is 18.2 Å². The first kappa shape index (κ1) is 11.7. The second-order valence-electron chi connectivity index (χ2n) is 3.93. The van der Waals surface area contributed by atoms with E-state index in [9.17, 15) is 0 Å². The predicted molar refractivity (Wildman–Crippen MR) is 67.9 cm³/mol. The third-order valence-corrected chi connectivity index (χ3v) is 3.07. The fraction of sp³-hybridized carbons (Fsp3) is 0.308. The van der Waals surface area contributed by atoms with Crippen LogP contribution in [0.5, 0.6) is 5.75 Å². The van der Waals surface area contributed by atoms with Crippen LogP contribution in [0.4, 0.5) is 0 Å². The highest BCUT2D eigenvalue weighted by Crippen LogP contribution is 2.29. The van der Waals surface area contributed by atoms with Crippen molar-refractivity contribution in [3.63, 3.8) is 0 Å². The number of aromatic nitrogens is 1. The van der Waals surface area contributed by atoms with Gasteiger partial charge < -0.3 is 14.2 Å². The zero-order valence-electron chi connectivity index (χ0n) is 9.64. The van der Waals surface area contributed by atoms with E-state index in [4.69, 9.17) is 25.8 Å². The molecule has 2 aromatic rings. The molecular weight excluding hydrogens is 254 g/mol. The molecular formula is C13H12ClNO3. The van der Waals surface area contributed by atoms with E-state index < -0.39 is 0 Å². The Morgan fingerprint density at radius 2 is 2.11 bits per heavy atom. The van der Waals surface area contributed by atoms with Crippen LogP contribution >= 0.6 is 11.6 Å². The number of pyridine rings is 1. The fourth-order valence-electron chi connectivity index (χ4n) is 1.89. The average Bonchev–Trinajstić information content (AvgIpc) is 2.92. The van der Waals surface area contributed by atoms with Gasteiger partial charge in [-0.3, -0.25) is 4.98 Å². The van der Waals surface area contributed by atoms with Gasteiger partial charge in [-0.1, -0.05) is 11.6 Å². The molecule has 0 amide bonds. The molecule has 1 saturated heterocycles. The summed E-state index contributed by atoms with van der Waals surface area (Å²) in [6, 6.07) is 7.38. The molecule has 18 heavy (non-hydrogen) atoms. The molecule has 0 saturated carbocycles. The molecule has 1 aliphatic rings. The van der Waals surface area contributed by atoms with Gasteiger partial charge in [-0.15, -0.1) is 0 Å². The number of ether oxygens (including phenoxy) is 3.